The van der Waals surface area contributed by atoms with E-state index in [-0.39, 0.29) is 0 Å². The molecule has 0 fully saturated rings. The molecule has 0 saturated heterocycles. The quantitative estimate of drug-likeness (QED) is 0.681. The van der Waals surface area contributed by atoms with Crippen LogP contribution in [-0.2, 0) is 0 Å². The van der Waals surface area contributed by atoms with Crippen LogP contribution in [0.25, 0.3) is 11.4 Å². The Labute approximate surface area is 67.9 Å². The van der Waals surface area contributed by atoms with Crippen LogP contribution in [-0.4, -0.2) is 9.97 Å². The fourth-order valence-corrected chi connectivity index (χ4v) is 0.928. The molecular weight excluding hydrogens is 156 g/mol. The second-order valence-electron chi connectivity index (χ2n) is 2.28. The van der Waals surface area contributed by atoms with Crippen LogP contribution in [0, 0.1) is 0 Å². The van der Waals surface area contributed by atoms with Gasteiger partial charge in [0, 0.05) is 6.20 Å². The molecule has 0 bridgehead atoms. The van der Waals surface area contributed by atoms with Gasteiger partial charge in [-0.1, -0.05) is 6.07 Å². The lowest BCUT2D eigenvalue weighted by Crippen LogP contribution is -1.95. The summed E-state index contributed by atoms with van der Waals surface area (Å²) in [7, 11) is 0. The summed E-state index contributed by atoms with van der Waals surface area (Å²) in [6.07, 6.45) is 3.01. The number of aromatic amines is 1. The Balaban J connectivity index is 2.51. The van der Waals surface area contributed by atoms with Gasteiger partial charge in [-0.3, -0.25) is 9.97 Å². The highest BCUT2D eigenvalue weighted by molar-refractivity contribution is 5.50. The number of aromatic nitrogens is 2. The Morgan fingerprint density at radius 1 is 1.42 bits per heavy atom. The maximum absolute atomic E-state index is 10.6. The molecule has 4 heteroatoms. The maximum Gasteiger partial charge on any atom is 0.416 e. The monoisotopic (exact) mass is 162 g/mol. The predicted molar refractivity (Wildman–Crippen MR) is 42.6 cm³/mol. The molecule has 0 aromatic carbocycles. The van der Waals surface area contributed by atoms with Gasteiger partial charge in [0.1, 0.15) is 12.0 Å². The first kappa shape index (κ1) is 6.84. The Morgan fingerprint density at radius 2 is 2.33 bits per heavy atom. The molecule has 2 rings (SSSR count). The first-order valence-electron chi connectivity index (χ1n) is 3.45. The standard InChI is InChI=1S/C8H6N2O2/c11-8-10-7(5-12-8)6-3-1-2-4-9-6/h1-5H,(H,10,11). The van der Waals surface area contributed by atoms with Crippen LogP contribution in [0.4, 0.5) is 0 Å². The van der Waals surface area contributed by atoms with E-state index in [1.807, 2.05) is 12.1 Å². The van der Waals surface area contributed by atoms with Crippen LogP contribution < -0.4 is 5.76 Å². The van der Waals surface area contributed by atoms with E-state index in [1.165, 1.54) is 6.26 Å². The summed E-state index contributed by atoms with van der Waals surface area (Å²) in [6, 6.07) is 5.44. The van der Waals surface area contributed by atoms with Gasteiger partial charge in [0.25, 0.3) is 0 Å². The van der Waals surface area contributed by atoms with Crippen molar-refractivity contribution < 1.29 is 4.42 Å². The zero-order valence-electron chi connectivity index (χ0n) is 6.15. The van der Waals surface area contributed by atoms with Crippen molar-refractivity contribution in [1.82, 2.24) is 9.97 Å². The van der Waals surface area contributed by atoms with Crippen molar-refractivity contribution in [3.05, 3.63) is 41.2 Å². The fourth-order valence-electron chi connectivity index (χ4n) is 0.928. The third kappa shape index (κ3) is 1.14. The highest BCUT2D eigenvalue weighted by Gasteiger charge is 2.00. The van der Waals surface area contributed by atoms with Crippen molar-refractivity contribution in [1.29, 1.82) is 0 Å². The van der Waals surface area contributed by atoms with E-state index in [2.05, 4.69) is 14.4 Å². The fraction of sp³-hybridized carbons (Fsp3) is 0. The number of nitrogens with zero attached hydrogens (tertiary/aromatic N) is 1. The normalized spacial score (nSPS) is 10.0. The van der Waals surface area contributed by atoms with Gasteiger partial charge in [-0.25, -0.2) is 4.79 Å². The number of pyridine rings is 1. The Hall–Kier alpha value is -1.84. The van der Waals surface area contributed by atoms with Crippen LogP contribution in [0.15, 0.2) is 39.9 Å². The lowest BCUT2D eigenvalue weighted by Gasteiger charge is -1.90. The lowest BCUT2D eigenvalue weighted by molar-refractivity contribution is 0.515. The van der Waals surface area contributed by atoms with Crippen LogP contribution in [0.2, 0.25) is 0 Å². The largest absolute Gasteiger partial charge is 0.416 e. The van der Waals surface area contributed by atoms with Gasteiger partial charge in [-0.15, -0.1) is 0 Å². The van der Waals surface area contributed by atoms with Crippen molar-refractivity contribution in [2.45, 2.75) is 0 Å². The molecule has 0 spiro atoms. The molecule has 0 unspecified atom stereocenters. The Morgan fingerprint density at radius 3 is 2.92 bits per heavy atom. The van der Waals surface area contributed by atoms with E-state index in [0.29, 0.717) is 11.4 Å². The average Bonchev–Trinajstić information content (AvgIpc) is 2.54. The van der Waals surface area contributed by atoms with E-state index in [1.54, 1.807) is 12.3 Å². The van der Waals surface area contributed by atoms with Gasteiger partial charge >= 0.3 is 5.76 Å². The lowest BCUT2D eigenvalue weighted by atomic mass is 10.3. The van der Waals surface area contributed by atoms with E-state index in [0.717, 1.165) is 0 Å². The number of H-pyrrole nitrogens is 1. The molecule has 0 aliphatic rings. The van der Waals surface area contributed by atoms with Crippen LogP contribution in [0.5, 0.6) is 0 Å². The summed E-state index contributed by atoms with van der Waals surface area (Å²) in [6.45, 7) is 0. The molecule has 0 aliphatic heterocycles. The molecule has 1 N–H and O–H groups in total. The minimum Gasteiger partial charge on any atom is -0.416 e. The molecule has 0 amide bonds. The van der Waals surface area contributed by atoms with E-state index in [4.69, 9.17) is 0 Å². The third-order valence-corrected chi connectivity index (χ3v) is 1.46. The van der Waals surface area contributed by atoms with Crippen molar-refractivity contribution in [2.24, 2.45) is 0 Å². The second-order valence-corrected chi connectivity index (χ2v) is 2.28. The summed E-state index contributed by atoms with van der Waals surface area (Å²) in [4.78, 5) is 17.2. The number of hydrogen-bond donors (Lipinski definition) is 1. The summed E-state index contributed by atoms with van der Waals surface area (Å²) in [5, 5.41) is 0. The summed E-state index contributed by atoms with van der Waals surface area (Å²) >= 11 is 0. The first-order chi connectivity index (χ1) is 5.86. The maximum atomic E-state index is 10.6. The Kier molecular flexibility index (Phi) is 1.51. The zero-order valence-corrected chi connectivity index (χ0v) is 6.15. The average molecular weight is 162 g/mol. The predicted octanol–water partition coefficient (Wildman–Crippen LogP) is 1.03. The van der Waals surface area contributed by atoms with Gasteiger partial charge in [-0.05, 0) is 12.1 Å². The van der Waals surface area contributed by atoms with E-state index < -0.39 is 5.76 Å². The molecule has 0 radical (unpaired) electrons. The smallest absolute Gasteiger partial charge is 0.416 e. The molecule has 2 heterocycles. The molecule has 2 aromatic heterocycles. The van der Waals surface area contributed by atoms with E-state index in [9.17, 15) is 4.79 Å². The van der Waals surface area contributed by atoms with Gasteiger partial charge in [0.15, 0.2) is 0 Å². The van der Waals surface area contributed by atoms with Gasteiger partial charge < -0.3 is 4.42 Å². The summed E-state index contributed by atoms with van der Waals surface area (Å²) in [5.41, 5.74) is 1.30. The van der Waals surface area contributed by atoms with Gasteiger partial charge in [0.2, 0.25) is 0 Å². The van der Waals surface area contributed by atoms with Crippen LogP contribution in [0.3, 0.4) is 0 Å². The van der Waals surface area contributed by atoms with Crippen molar-refractivity contribution in [2.75, 3.05) is 0 Å². The SMILES string of the molecule is O=c1[nH]c(-c2ccccn2)co1. The summed E-state index contributed by atoms with van der Waals surface area (Å²) < 4.78 is 4.57. The topological polar surface area (TPSA) is 58.9 Å². The van der Waals surface area contributed by atoms with Crippen molar-refractivity contribution in [3.8, 4) is 11.4 Å². The third-order valence-electron chi connectivity index (χ3n) is 1.46. The Bertz CT molecular complexity index is 416. The number of oxazole rings is 1. The van der Waals surface area contributed by atoms with Crippen molar-refractivity contribution in [3.63, 3.8) is 0 Å². The number of nitrogens with one attached hydrogen (secondary N) is 1. The van der Waals surface area contributed by atoms with E-state index >= 15 is 0 Å². The molecule has 4 nitrogen and oxygen atoms in total. The second kappa shape index (κ2) is 2.65. The van der Waals surface area contributed by atoms with Crippen molar-refractivity contribution >= 4 is 0 Å². The zero-order chi connectivity index (χ0) is 8.39. The highest BCUT2D eigenvalue weighted by Crippen LogP contribution is 2.09. The molecule has 0 saturated carbocycles. The molecule has 0 aliphatic carbocycles. The molecule has 0 atom stereocenters. The molecule has 2 aromatic rings. The van der Waals surface area contributed by atoms with Crippen LogP contribution >= 0.6 is 0 Å². The molecule has 60 valence electrons. The number of rotatable bonds is 1. The van der Waals surface area contributed by atoms with Gasteiger partial charge in [0.05, 0.1) is 5.69 Å². The summed E-state index contributed by atoms with van der Waals surface area (Å²) in [5.74, 6) is -0.462. The van der Waals surface area contributed by atoms with Crippen LogP contribution in [0.1, 0.15) is 0 Å². The minimum absolute atomic E-state index is 0.462. The number of hydrogen-bond acceptors (Lipinski definition) is 3. The minimum atomic E-state index is -0.462. The first-order valence-corrected chi connectivity index (χ1v) is 3.45. The van der Waals surface area contributed by atoms with Gasteiger partial charge in [-0.2, -0.15) is 0 Å². The highest BCUT2D eigenvalue weighted by atomic mass is 16.4. The molecule has 12 heavy (non-hydrogen) atoms. The molecular formula is C8H6N2O2.